The summed E-state index contributed by atoms with van der Waals surface area (Å²) in [6.45, 7) is 6.41. The second kappa shape index (κ2) is 4.50. The molecule has 0 heterocycles. The zero-order chi connectivity index (χ0) is 8.97. The van der Waals surface area contributed by atoms with Crippen LogP contribution in [0.4, 0.5) is 0 Å². The van der Waals surface area contributed by atoms with Gasteiger partial charge in [-0.3, -0.25) is 0 Å². The molecule has 0 aliphatic rings. The van der Waals surface area contributed by atoms with Crippen LogP contribution in [0, 0.1) is 3.57 Å². The lowest BCUT2D eigenvalue weighted by Gasteiger charge is -2.08. The van der Waals surface area contributed by atoms with E-state index in [0.29, 0.717) is 6.61 Å². The van der Waals surface area contributed by atoms with Gasteiger partial charge in [0.05, 0.1) is 10.2 Å². The van der Waals surface area contributed by atoms with E-state index in [9.17, 15) is 0 Å². The number of benzene rings is 1. The smallest absolute Gasteiger partial charge is 0.139 e. The average Bonchev–Trinajstić information content (AvgIpc) is 2.09. The predicted octanol–water partition coefficient (Wildman–Crippen LogP) is 3.33. The molecule has 1 nitrogen and oxygen atoms in total. The van der Waals surface area contributed by atoms with Crippen molar-refractivity contribution in [1.82, 2.24) is 0 Å². The molecular formula is C10H11IO. The summed E-state index contributed by atoms with van der Waals surface area (Å²) in [6, 6.07) is 6.03. The number of hydrogen-bond acceptors (Lipinski definition) is 1. The number of halogens is 1. The highest BCUT2D eigenvalue weighted by molar-refractivity contribution is 14.1. The van der Waals surface area contributed by atoms with Crippen molar-refractivity contribution in [3.05, 3.63) is 33.9 Å². The van der Waals surface area contributed by atoms with Crippen molar-refractivity contribution in [2.75, 3.05) is 6.61 Å². The summed E-state index contributed by atoms with van der Waals surface area (Å²) in [7, 11) is 0. The van der Waals surface area contributed by atoms with E-state index in [-0.39, 0.29) is 0 Å². The highest BCUT2D eigenvalue weighted by Crippen LogP contribution is 2.26. The molecule has 1 rings (SSSR count). The van der Waals surface area contributed by atoms with Crippen LogP contribution >= 0.6 is 22.6 Å². The molecule has 0 aromatic heterocycles. The van der Waals surface area contributed by atoms with Crippen molar-refractivity contribution < 1.29 is 4.74 Å². The average molecular weight is 274 g/mol. The normalized spacial score (nSPS) is 9.50. The zero-order valence-corrected chi connectivity index (χ0v) is 9.17. The van der Waals surface area contributed by atoms with Gasteiger partial charge in [-0.15, -0.1) is 0 Å². The minimum Gasteiger partial charge on any atom is -0.492 e. The summed E-state index contributed by atoms with van der Waals surface area (Å²) in [4.78, 5) is 0. The van der Waals surface area contributed by atoms with Crippen LogP contribution in [0.2, 0.25) is 0 Å². The van der Waals surface area contributed by atoms with Gasteiger partial charge in [-0.25, -0.2) is 0 Å². The second-order valence-corrected chi connectivity index (χ2v) is 3.46. The molecule has 0 saturated carbocycles. The number of hydrogen-bond donors (Lipinski definition) is 0. The molecule has 0 bridgehead atoms. The maximum absolute atomic E-state index is 5.48. The molecule has 64 valence electrons. The third-order valence-electron chi connectivity index (χ3n) is 1.51. The van der Waals surface area contributed by atoms with Crippen LogP contribution in [0.15, 0.2) is 24.8 Å². The highest BCUT2D eigenvalue weighted by atomic mass is 127. The monoisotopic (exact) mass is 274 g/mol. The molecule has 0 fully saturated rings. The maximum atomic E-state index is 5.48. The van der Waals surface area contributed by atoms with E-state index in [2.05, 4.69) is 29.2 Å². The Hall–Kier alpha value is -0.510. The van der Waals surface area contributed by atoms with E-state index in [0.717, 1.165) is 14.9 Å². The van der Waals surface area contributed by atoms with Crippen LogP contribution in [0.5, 0.6) is 5.75 Å². The van der Waals surface area contributed by atoms with E-state index >= 15 is 0 Å². The Balaban J connectivity index is 3.10. The van der Waals surface area contributed by atoms with Gasteiger partial charge in [0.2, 0.25) is 0 Å². The molecule has 0 unspecified atom stereocenters. The van der Waals surface area contributed by atoms with Crippen LogP contribution in [-0.2, 0) is 0 Å². The molecule has 1 aromatic rings. The molecule has 0 radical (unpaired) electrons. The van der Waals surface area contributed by atoms with Crippen LogP contribution < -0.4 is 4.74 Å². The molecule has 1 aromatic carbocycles. The van der Waals surface area contributed by atoms with Crippen LogP contribution in [-0.4, -0.2) is 6.61 Å². The fourth-order valence-corrected chi connectivity index (χ4v) is 1.66. The highest BCUT2D eigenvalue weighted by Gasteiger charge is 2.03. The van der Waals surface area contributed by atoms with Crippen LogP contribution in [0.1, 0.15) is 12.5 Å². The predicted molar refractivity (Wildman–Crippen MR) is 60.4 cm³/mol. The summed E-state index contributed by atoms with van der Waals surface area (Å²) in [5.41, 5.74) is 1.06. The number of para-hydroxylation sites is 1. The molecule has 0 aliphatic carbocycles. The summed E-state index contributed by atoms with van der Waals surface area (Å²) < 4.78 is 6.61. The number of rotatable bonds is 3. The molecule has 0 spiro atoms. The first-order valence-electron chi connectivity index (χ1n) is 3.83. The van der Waals surface area contributed by atoms with Crippen molar-refractivity contribution in [1.29, 1.82) is 0 Å². The van der Waals surface area contributed by atoms with Crippen molar-refractivity contribution in [3.8, 4) is 5.75 Å². The molecular weight excluding hydrogens is 263 g/mol. The van der Waals surface area contributed by atoms with Gasteiger partial charge >= 0.3 is 0 Å². The van der Waals surface area contributed by atoms with Crippen LogP contribution in [0.3, 0.4) is 0 Å². The van der Waals surface area contributed by atoms with Gasteiger partial charge < -0.3 is 4.74 Å². The van der Waals surface area contributed by atoms with E-state index in [1.165, 1.54) is 0 Å². The maximum Gasteiger partial charge on any atom is 0.139 e. The quantitative estimate of drug-likeness (QED) is 0.768. The Bertz CT molecular complexity index is 281. The largest absolute Gasteiger partial charge is 0.492 e. The molecule has 0 amide bonds. The van der Waals surface area contributed by atoms with Gasteiger partial charge in [-0.05, 0) is 35.6 Å². The topological polar surface area (TPSA) is 9.23 Å². The van der Waals surface area contributed by atoms with Crippen molar-refractivity contribution >= 4 is 28.7 Å². The lowest BCUT2D eigenvalue weighted by molar-refractivity contribution is 0.337. The lowest BCUT2D eigenvalue weighted by Crippen LogP contribution is -1.95. The van der Waals surface area contributed by atoms with E-state index in [1.54, 1.807) is 0 Å². The third kappa shape index (κ3) is 2.00. The molecule has 0 N–H and O–H groups in total. The first kappa shape index (κ1) is 9.58. The summed E-state index contributed by atoms with van der Waals surface area (Å²) in [5, 5.41) is 0. The molecule has 0 atom stereocenters. The Morgan fingerprint density at radius 2 is 2.33 bits per heavy atom. The first-order chi connectivity index (χ1) is 5.79. The first-order valence-corrected chi connectivity index (χ1v) is 4.91. The van der Waals surface area contributed by atoms with E-state index < -0.39 is 0 Å². The number of ether oxygens (including phenoxy) is 1. The fourth-order valence-electron chi connectivity index (χ4n) is 0.983. The van der Waals surface area contributed by atoms with Gasteiger partial charge in [0.15, 0.2) is 0 Å². The molecule has 0 saturated heterocycles. The van der Waals surface area contributed by atoms with Crippen molar-refractivity contribution in [3.63, 3.8) is 0 Å². The summed E-state index contributed by atoms with van der Waals surface area (Å²) in [5.74, 6) is 0.940. The Labute approximate surface area is 86.6 Å². The van der Waals surface area contributed by atoms with Crippen LogP contribution in [0.25, 0.3) is 6.08 Å². The standard InChI is InChI=1S/C10H11IO/c1-3-8-6-5-7-9(11)10(8)12-4-2/h3,5-7H,1,4H2,2H3. The van der Waals surface area contributed by atoms with E-state index in [1.807, 2.05) is 31.2 Å². The van der Waals surface area contributed by atoms with Crippen molar-refractivity contribution in [2.24, 2.45) is 0 Å². The van der Waals surface area contributed by atoms with Gasteiger partial charge in [0.25, 0.3) is 0 Å². The Morgan fingerprint density at radius 3 is 2.92 bits per heavy atom. The third-order valence-corrected chi connectivity index (χ3v) is 2.36. The van der Waals surface area contributed by atoms with Gasteiger partial charge in [-0.1, -0.05) is 24.8 Å². The second-order valence-electron chi connectivity index (χ2n) is 2.30. The van der Waals surface area contributed by atoms with Gasteiger partial charge in [0.1, 0.15) is 5.75 Å². The lowest BCUT2D eigenvalue weighted by atomic mass is 10.2. The minimum atomic E-state index is 0.695. The SMILES string of the molecule is C=Cc1cccc(I)c1OCC. The molecule has 2 heteroatoms. The van der Waals surface area contributed by atoms with E-state index in [4.69, 9.17) is 4.74 Å². The zero-order valence-electron chi connectivity index (χ0n) is 7.01. The van der Waals surface area contributed by atoms with Gasteiger partial charge in [-0.2, -0.15) is 0 Å². The summed E-state index contributed by atoms with van der Waals surface area (Å²) >= 11 is 2.26. The summed E-state index contributed by atoms with van der Waals surface area (Å²) in [6.07, 6.45) is 1.81. The Kier molecular flexibility index (Phi) is 3.59. The van der Waals surface area contributed by atoms with Crippen molar-refractivity contribution in [2.45, 2.75) is 6.92 Å². The fraction of sp³-hybridized carbons (Fsp3) is 0.200. The minimum absolute atomic E-state index is 0.695. The van der Waals surface area contributed by atoms with Gasteiger partial charge in [0, 0.05) is 5.56 Å². The Morgan fingerprint density at radius 1 is 1.58 bits per heavy atom. The molecule has 0 aliphatic heterocycles. The molecule has 12 heavy (non-hydrogen) atoms.